The quantitative estimate of drug-likeness (QED) is 0.839. The highest BCUT2D eigenvalue weighted by Gasteiger charge is 2.62. The van der Waals surface area contributed by atoms with E-state index in [9.17, 15) is 18.0 Å². The number of halogens is 3. The SMILES string of the molecule is CC(F)(F)[C@]1(C)C[C@H]2CC[C@H](c3cncc(F)c3)N2C1=O. The molecular weight excluding hydrogens is 281 g/mol. The zero-order chi connectivity index (χ0) is 15.4. The standard InChI is InChI=1S/C15H17F3N2O/c1-14(15(2,17)18)6-11-3-4-12(20(11)13(14)21)9-5-10(16)8-19-7-9/h5,7-8,11-12H,3-4,6H2,1-2H3/t11-,12-,14-/m1/s1. The molecule has 0 radical (unpaired) electrons. The van der Waals surface area contributed by atoms with Crippen molar-refractivity contribution in [3.05, 3.63) is 29.8 Å². The van der Waals surface area contributed by atoms with Crippen molar-refractivity contribution >= 4 is 5.91 Å². The Morgan fingerprint density at radius 2 is 2.10 bits per heavy atom. The van der Waals surface area contributed by atoms with Crippen molar-refractivity contribution in [2.24, 2.45) is 5.41 Å². The Kier molecular flexibility index (Phi) is 3.04. The molecule has 1 aromatic heterocycles. The van der Waals surface area contributed by atoms with Gasteiger partial charge < -0.3 is 4.90 Å². The van der Waals surface area contributed by atoms with Crippen molar-refractivity contribution in [3.8, 4) is 0 Å². The minimum atomic E-state index is -3.07. The molecule has 0 bridgehead atoms. The van der Waals surface area contributed by atoms with Crippen molar-refractivity contribution in [1.82, 2.24) is 9.88 Å². The van der Waals surface area contributed by atoms with E-state index in [-0.39, 0.29) is 18.5 Å². The summed E-state index contributed by atoms with van der Waals surface area (Å²) >= 11 is 0. The number of nitrogens with zero attached hydrogens (tertiary/aromatic N) is 2. The van der Waals surface area contributed by atoms with Crippen LogP contribution < -0.4 is 0 Å². The fourth-order valence-electron chi connectivity index (χ4n) is 3.54. The zero-order valence-electron chi connectivity index (χ0n) is 11.9. The van der Waals surface area contributed by atoms with Crippen LogP contribution in [-0.2, 0) is 4.79 Å². The Bertz CT molecular complexity index is 587. The van der Waals surface area contributed by atoms with Crippen LogP contribution in [0.2, 0.25) is 0 Å². The maximum absolute atomic E-state index is 13.8. The van der Waals surface area contributed by atoms with E-state index in [4.69, 9.17) is 0 Å². The number of alkyl halides is 2. The molecule has 2 aliphatic rings. The summed E-state index contributed by atoms with van der Waals surface area (Å²) in [5.41, 5.74) is -1.09. The van der Waals surface area contributed by atoms with Crippen LogP contribution in [0.15, 0.2) is 18.5 Å². The van der Waals surface area contributed by atoms with Crippen LogP contribution >= 0.6 is 0 Å². The predicted molar refractivity (Wildman–Crippen MR) is 70.1 cm³/mol. The van der Waals surface area contributed by atoms with Gasteiger partial charge in [-0.15, -0.1) is 0 Å². The third-order valence-corrected chi connectivity index (χ3v) is 4.93. The van der Waals surface area contributed by atoms with Gasteiger partial charge in [0.2, 0.25) is 5.91 Å². The first-order valence-electron chi connectivity index (χ1n) is 7.05. The Morgan fingerprint density at radius 1 is 1.38 bits per heavy atom. The van der Waals surface area contributed by atoms with Gasteiger partial charge in [-0.05, 0) is 37.8 Å². The summed E-state index contributed by atoms with van der Waals surface area (Å²) in [6.07, 6.45) is 4.06. The molecule has 21 heavy (non-hydrogen) atoms. The van der Waals surface area contributed by atoms with E-state index in [1.165, 1.54) is 24.1 Å². The molecule has 2 fully saturated rings. The maximum Gasteiger partial charge on any atom is 0.259 e. The van der Waals surface area contributed by atoms with Gasteiger partial charge in [0.25, 0.3) is 5.92 Å². The van der Waals surface area contributed by atoms with Gasteiger partial charge in [-0.3, -0.25) is 9.78 Å². The lowest BCUT2D eigenvalue weighted by Gasteiger charge is -2.31. The van der Waals surface area contributed by atoms with Crippen molar-refractivity contribution in [3.63, 3.8) is 0 Å². The van der Waals surface area contributed by atoms with Crippen LogP contribution in [0.25, 0.3) is 0 Å². The number of pyridine rings is 1. The Balaban J connectivity index is 1.95. The highest BCUT2D eigenvalue weighted by Crippen LogP contribution is 2.54. The van der Waals surface area contributed by atoms with Gasteiger partial charge in [-0.1, -0.05) is 0 Å². The number of carbonyl (C=O) groups excluding carboxylic acids is 1. The second-order valence-electron chi connectivity index (χ2n) is 6.32. The molecular formula is C15H17F3N2O. The van der Waals surface area contributed by atoms with E-state index in [1.54, 1.807) is 0 Å². The third-order valence-electron chi connectivity index (χ3n) is 4.93. The molecule has 3 nitrogen and oxygen atoms in total. The summed E-state index contributed by atoms with van der Waals surface area (Å²) in [5.74, 6) is -4.09. The van der Waals surface area contributed by atoms with Crippen LogP contribution in [0.4, 0.5) is 13.2 Å². The Labute approximate surface area is 121 Å². The smallest absolute Gasteiger partial charge is 0.259 e. The molecule has 2 saturated heterocycles. The molecule has 0 aromatic carbocycles. The molecule has 6 heteroatoms. The Hall–Kier alpha value is -1.59. The monoisotopic (exact) mass is 298 g/mol. The summed E-state index contributed by atoms with van der Waals surface area (Å²) < 4.78 is 41.0. The van der Waals surface area contributed by atoms with Crippen LogP contribution in [0.3, 0.4) is 0 Å². The average Bonchev–Trinajstić information content (AvgIpc) is 2.89. The summed E-state index contributed by atoms with van der Waals surface area (Å²) in [6.45, 7) is 2.13. The van der Waals surface area contributed by atoms with E-state index in [0.29, 0.717) is 18.4 Å². The van der Waals surface area contributed by atoms with E-state index >= 15 is 0 Å². The topological polar surface area (TPSA) is 33.2 Å². The number of rotatable bonds is 2. The van der Waals surface area contributed by atoms with Crippen LogP contribution in [-0.4, -0.2) is 27.8 Å². The molecule has 0 N–H and O–H groups in total. The van der Waals surface area contributed by atoms with Gasteiger partial charge in [0.05, 0.1) is 12.2 Å². The first kappa shape index (κ1) is 14.4. The maximum atomic E-state index is 13.8. The Morgan fingerprint density at radius 3 is 2.71 bits per heavy atom. The van der Waals surface area contributed by atoms with Crippen molar-refractivity contribution in [2.45, 2.75) is 51.1 Å². The number of amides is 1. The van der Waals surface area contributed by atoms with Gasteiger partial charge in [0, 0.05) is 19.2 Å². The molecule has 2 aliphatic heterocycles. The van der Waals surface area contributed by atoms with Crippen molar-refractivity contribution in [1.29, 1.82) is 0 Å². The average molecular weight is 298 g/mol. The van der Waals surface area contributed by atoms with Crippen molar-refractivity contribution < 1.29 is 18.0 Å². The molecule has 0 spiro atoms. The zero-order valence-corrected chi connectivity index (χ0v) is 11.9. The molecule has 1 amide bonds. The summed E-state index contributed by atoms with van der Waals surface area (Å²) in [5, 5.41) is 0. The molecule has 0 aliphatic carbocycles. The first-order valence-corrected chi connectivity index (χ1v) is 7.05. The molecule has 0 unspecified atom stereocenters. The van der Waals surface area contributed by atoms with E-state index < -0.39 is 23.1 Å². The van der Waals surface area contributed by atoms with Crippen molar-refractivity contribution in [2.75, 3.05) is 0 Å². The predicted octanol–water partition coefficient (Wildman–Crippen LogP) is 3.32. The van der Waals surface area contributed by atoms with Crippen LogP contribution in [0, 0.1) is 11.2 Å². The highest BCUT2D eigenvalue weighted by molar-refractivity contribution is 5.87. The number of fused-ring (bicyclic) bond motifs is 1. The third kappa shape index (κ3) is 2.03. The van der Waals surface area contributed by atoms with E-state index in [0.717, 1.165) is 13.1 Å². The molecule has 3 rings (SSSR count). The van der Waals surface area contributed by atoms with Gasteiger partial charge in [-0.25, -0.2) is 13.2 Å². The number of hydrogen-bond acceptors (Lipinski definition) is 2. The molecule has 114 valence electrons. The van der Waals surface area contributed by atoms with Gasteiger partial charge in [0.1, 0.15) is 11.2 Å². The second-order valence-corrected chi connectivity index (χ2v) is 6.32. The molecule has 0 saturated carbocycles. The lowest BCUT2D eigenvalue weighted by atomic mass is 9.80. The fourth-order valence-corrected chi connectivity index (χ4v) is 3.54. The number of aromatic nitrogens is 1. The number of carbonyl (C=O) groups is 1. The lowest BCUT2D eigenvalue weighted by molar-refractivity contribution is -0.156. The van der Waals surface area contributed by atoms with Gasteiger partial charge in [0.15, 0.2) is 0 Å². The highest BCUT2D eigenvalue weighted by atomic mass is 19.3. The normalized spacial score (nSPS) is 32.6. The molecule has 3 atom stereocenters. The van der Waals surface area contributed by atoms with Crippen LogP contribution in [0.5, 0.6) is 0 Å². The van der Waals surface area contributed by atoms with E-state index in [1.807, 2.05) is 0 Å². The number of hydrogen-bond donors (Lipinski definition) is 0. The lowest BCUT2D eigenvalue weighted by Crippen LogP contribution is -2.44. The largest absolute Gasteiger partial charge is 0.332 e. The minimum Gasteiger partial charge on any atom is -0.332 e. The van der Waals surface area contributed by atoms with Gasteiger partial charge in [-0.2, -0.15) is 0 Å². The van der Waals surface area contributed by atoms with Gasteiger partial charge >= 0.3 is 0 Å². The second kappa shape index (κ2) is 4.45. The van der Waals surface area contributed by atoms with E-state index in [2.05, 4.69) is 4.98 Å². The molecule has 1 aromatic rings. The summed E-state index contributed by atoms with van der Waals surface area (Å²) in [6, 6.07) is 0.782. The summed E-state index contributed by atoms with van der Waals surface area (Å²) in [7, 11) is 0. The minimum absolute atomic E-state index is 0.147. The first-order chi connectivity index (χ1) is 9.74. The fraction of sp³-hybridized carbons (Fsp3) is 0.600. The van der Waals surface area contributed by atoms with Crippen LogP contribution in [0.1, 0.15) is 44.7 Å². The molecule has 3 heterocycles. The summed E-state index contributed by atoms with van der Waals surface area (Å²) in [4.78, 5) is 17.9.